The third-order valence-corrected chi connectivity index (χ3v) is 3.52. The van der Waals surface area contributed by atoms with Crippen LogP contribution in [-0.4, -0.2) is 35.4 Å². The number of halogens is 1. The molecule has 0 saturated heterocycles. The molecule has 2 aromatic carbocycles. The molecular formula is C19H19FN4O3. The number of hydrogen-bond acceptors (Lipinski definition) is 7. The van der Waals surface area contributed by atoms with Gasteiger partial charge in [0.15, 0.2) is 11.6 Å². The zero-order valence-electron chi connectivity index (χ0n) is 14.6. The van der Waals surface area contributed by atoms with Gasteiger partial charge in [-0.25, -0.2) is 9.37 Å². The largest absolute Gasteiger partial charge is 0.508 e. The fourth-order valence-corrected chi connectivity index (χ4v) is 2.24. The first-order chi connectivity index (χ1) is 13.1. The molecule has 0 aliphatic heterocycles. The summed E-state index contributed by atoms with van der Waals surface area (Å²) in [7, 11) is 1.61. The molecule has 8 heteroatoms. The molecular weight excluding hydrogens is 351 g/mol. The fourth-order valence-electron chi connectivity index (χ4n) is 2.24. The van der Waals surface area contributed by atoms with Crippen molar-refractivity contribution < 1.29 is 19.0 Å². The van der Waals surface area contributed by atoms with E-state index in [0.29, 0.717) is 24.7 Å². The summed E-state index contributed by atoms with van der Waals surface area (Å²) < 4.78 is 24.4. The Labute approximate surface area is 155 Å². The van der Waals surface area contributed by atoms with E-state index >= 15 is 0 Å². The third-order valence-electron chi connectivity index (χ3n) is 3.52. The molecule has 0 aliphatic rings. The molecule has 3 N–H and O–H groups in total. The fraction of sp³-hybridized carbons (Fsp3) is 0.158. The summed E-state index contributed by atoms with van der Waals surface area (Å²) in [5.74, 6) is 0.403. The number of phenolic OH excluding ortho intramolecular Hbond substituents is 1. The lowest BCUT2D eigenvalue weighted by molar-refractivity contribution is 0.146. The lowest BCUT2D eigenvalue weighted by Gasteiger charge is -2.10. The van der Waals surface area contributed by atoms with Gasteiger partial charge in [0.05, 0.1) is 12.8 Å². The minimum absolute atomic E-state index is 0.00220. The average molecular weight is 370 g/mol. The van der Waals surface area contributed by atoms with Crippen molar-refractivity contribution in [3.05, 3.63) is 60.5 Å². The Bertz CT molecular complexity index is 890. The number of anilines is 4. The van der Waals surface area contributed by atoms with Gasteiger partial charge in [0.1, 0.15) is 18.1 Å². The molecule has 1 aromatic heterocycles. The van der Waals surface area contributed by atoms with Crippen LogP contribution in [0.3, 0.4) is 0 Å². The van der Waals surface area contributed by atoms with Gasteiger partial charge in [-0.15, -0.1) is 0 Å². The highest BCUT2D eigenvalue weighted by molar-refractivity contribution is 5.61. The van der Waals surface area contributed by atoms with Gasteiger partial charge in [-0.05, 0) is 36.4 Å². The van der Waals surface area contributed by atoms with E-state index in [4.69, 9.17) is 9.47 Å². The minimum atomic E-state index is -0.606. The number of nitrogens with one attached hydrogen (secondary N) is 2. The Morgan fingerprint density at radius 1 is 1.04 bits per heavy atom. The number of benzene rings is 2. The standard InChI is InChI=1S/C19H19FN4O3/c1-26-9-10-27-16-7-5-13(6-8-16)23-19-21-12-17(20)18(24-19)22-14-3-2-4-15(25)11-14/h2-8,11-12,25H,9-10H2,1H3,(H2,21,22,23,24). The van der Waals surface area contributed by atoms with Crippen LogP contribution < -0.4 is 15.4 Å². The number of aromatic hydroxyl groups is 1. The monoisotopic (exact) mass is 370 g/mol. The van der Waals surface area contributed by atoms with Crippen LogP contribution in [0.2, 0.25) is 0 Å². The van der Waals surface area contributed by atoms with Gasteiger partial charge >= 0.3 is 0 Å². The molecule has 0 bridgehead atoms. The number of nitrogens with zero attached hydrogens (tertiary/aromatic N) is 2. The van der Waals surface area contributed by atoms with Gasteiger partial charge in [-0.2, -0.15) is 4.98 Å². The topological polar surface area (TPSA) is 88.5 Å². The van der Waals surface area contributed by atoms with Crippen LogP contribution in [-0.2, 0) is 4.74 Å². The average Bonchev–Trinajstić information content (AvgIpc) is 2.66. The first-order valence-electron chi connectivity index (χ1n) is 8.21. The maximum Gasteiger partial charge on any atom is 0.229 e. The molecule has 0 spiro atoms. The molecule has 3 rings (SSSR count). The predicted molar refractivity (Wildman–Crippen MR) is 100 cm³/mol. The highest BCUT2D eigenvalue weighted by Gasteiger charge is 2.08. The summed E-state index contributed by atoms with van der Waals surface area (Å²) in [6.45, 7) is 0.979. The predicted octanol–water partition coefficient (Wildman–Crippen LogP) is 3.83. The van der Waals surface area contributed by atoms with Gasteiger partial charge in [-0.3, -0.25) is 0 Å². The Kier molecular flexibility index (Phi) is 6.01. The van der Waals surface area contributed by atoms with Crippen molar-refractivity contribution in [2.24, 2.45) is 0 Å². The number of methoxy groups -OCH3 is 1. The van der Waals surface area contributed by atoms with Crippen LogP contribution in [0.4, 0.5) is 27.5 Å². The Morgan fingerprint density at radius 3 is 2.59 bits per heavy atom. The van der Waals surface area contributed by atoms with E-state index in [-0.39, 0.29) is 17.5 Å². The second-order valence-electron chi connectivity index (χ2n) is 5.56. The van der Waals surface area contributed by atoms with Gasteiger partial charge in [0, 0.05) is 24.6 Å². The van der Waals surface area contributed by atoms with E-state index in [1.807, 2.05) is 0 Å². The molecule has 3 aromatic rings. The van der Waals surface area contributed by atoms with Crippen LogP contribution in [0, 0.1) is 5.82 Å². The first-order valence-corrected chi connectivity index (χ1v) is 8.21. The Balaban J connectivity index is 1.68. The second-order valence-corrected chi connectivity index (χ2v) is 5.56. The molecule has 27 heavy (non-hydrogen) atoms. The molecule has 1 heterocycles. The maximum atomic E-state index is 14.0. The number of aromatic nitrogens is 2. The highest BCUT2D eigenvalue weighted by atomic mass is 19.1. The lowest BCUT2D eigenvalue weighted by Crippen LogP contribution is -2.04. The second kappa shape index (κ2) is 8.81. The Hall–Kier alpha value is -3.39. The first kappa shape index (κ1) is 18.4. The van der Waals surface area contributed by atoms with E-state index in [1.165, 1.54) is 12.1 Å². The molecule has 0 unspecified atom stereocenters. The number of rotatable bonds is 8. The quantitative estimate of drug-likeness (QED) is 0.519. The number of phenols is 1. The van der Waals surface area contributed by atoms with Crippen molar-refractivity contribution in [2.45, 2.75) is 0 Å². The van der Waals surface area contributed by atoms with Crippen molar-refractivity contribution in [3.63, 3.8) is 0 Å². The van der Waals surface area contributed by atoms with Crippen molar-refractivity contribution in [1.82, 2.24) is 9.97 Å². The van der Waals surface area contributed by atoms with Crippen LogP contribution >= 0.6 is 0 Å². The van der Waals surface area contributed by atoms with Crippen molar-refractivity contribution in [1.29, 1.82) is 0 Å². The zero-order valence-corrected chi connectivity index (χ0v) is 14.6. The number of hydrogen-bond donors (Lipinski definition) is 3. The summed E-state index contributed by atoms with van der Waals surface area (Å²) >= 11 is 0. The van der Waals surface area contributed by atoms with E-state index in [2.05, 4.69) is 20.6 Å². The summed E-state index contributed by atoms with van der Waals surface area (Å²) in [5.41, 5.74) is 1.24. The third kappa shape index (κ3) is 5.29. The van der Waals surface area contributed by atoms with Crippen molar-refractivity contribution in [2.75, 3.05) is 31.0 Å². The van der Waals surface area contributed by atoms with Crippen molar-refractivity contribution >= 4 is 23.1 Å². The number of ether oxygens (including phenoxy) is 2. The van der Waals surface area contributed by atoms with Crippen LogP contribution in [0.15, 0.2) is 54.7 Å². The molecule has 0 saturated carbocycles. The maximum absolute atomic E-state index is 14.0. The van der Waals surface area contributed by atoms with Gasteiger partial charge in [0.2, 0.25) is 5.95 Å². The highest BCUT2D eigenvalue weighted by Crippen LogP contribution is 2.23. The molecule has 0 aliphatic carbocycles. The summed E-state index contributed by atoms with van der Waals surface area (Å²) in [5, 5.41) is 15.3. The lowest BCUT2D eigenvalue weighted by atomic mass is 10.3. The summed E-state index contributed by atoms with van der Waals surface area (Å²) in [6, 6.07) is 13.5. The molecule has 0 atom stereocenters. The SMILES string of the molecule is COCCOc1ccc(Nc2ncc(F)c(Nc3cccc(O)c3)n2)cc1. The van der Waals surface area contributed by atoms with E-state index in [1.54, 1.807) is 43.5 Å². The van der Waals surface area contributed by atoms with Gasteiger partial charge in [-0.1, -0.05) is 6.07 Å². The van der Waals surface area contributed by atoms with E-state index in [9.17, 15) is 9.50 Å². The molecule has 140 valence electrons. The van der Waals surface area contributed by atoms with Gasteiger partial charge < -0.3 is 25.2 Å². The van der Waals surface area contributed by atoms with E-state index < -0.39 is 5.82 Å². The van der Waals surface area contributed by atoms with Crippen LogP contribution in [0.1, 0.15) is 0 Å². The zero-order chi connectivity index (χ0) is 19.1. The molecule has 7 nitrogen and oxygen atoms in total. The van der Waals surface area contributed by atoms with E-state index in [0.717, 1.165) is 11.9 Å². The minimum Gasteiger partial charge on any atom is -0.508 e. The normalized spacial score (nSPS) is 10.4. The molecule has 0 fully saturated rings. The van der Waals surface area contributed by atoms with Crippen LogP contribution in [0.25, 0.3) is 0 Å². The Morgan fingerprint density at radius 2 is 1.85 bits per heavy atom. The molecule has 0 radical (unpaired) electrons. The smallest absolute Gasteiger partial charge is 0.229 e. The summed E-state index contributed by atoms with van der Waals surface area (Å²) in [6.07, 6.45) is 1.07. The van der Waals surface area contributed by atoms with Crippen molar-refractivity contribution in [3.8, 4) is 11.5 Å². The molecule has 0 amide bonds. The summed E-state index contributed by atoms with van der Waals surface area (Å²) in [4.78, 5) is 8.08. The van der Waals surface area contributed by atoms with Crippen LogP contribution in [0.5, 0.6) is 11.5 Å². The van der Waals surface area contributed by atoms with Gasteiger partial charge in [0.25, 0.3) is 0 Å².